The molecule has 104 valence electrons. The van der Waals surface area contributed by atoms with E-state index in [1.807, 2.05) is 18.2 Å². The standard InChI is InChI=1S/C14H13BrClN3O/c1-19(8-9-4-2-3-5-12(9)16)14(20)11-6-10(15)7-18-13(11)17/h2-7H,8H2,1H3,(H2,17,18). The molecule has 1 aromatic heterocycles. The van der Waals surface area contributed by atoms with Crippen molar-refractivity contribution < 1.29 is 4.79 Å². The molecule has 0 unspecified atom stereocenters. The summed E-state index contributed by atoms with van der Waals surface area (Å²) in [5.41, 5.74) is 7.00. The number of carbonyl (C=O) groups excluding carboxylic acids is 1. The lowest BCUT2D eigenvalue weighted by molar-refractivity contribution is 0.0786. The number of nitrogen functional groups attached to an aromatic ring is 1. The summed E-state index contributed by atoms with van der Waals surface area (Å²) < 4.78 is 0.709. The minimum absolute atomic E-state index is 0.198. The van der Waals surface area contributed by atoms with Crippen LogP contribution in [0.3, 0.4) is 0 Å². The average molecular weight is 355 g/mol. The molecular formula is C14H13BrClN3O. The molecular weight excluding hydrogens is 342 g/mol. The largest absolute Gasteiger partial charge is 0.383 e. The third kappa shape index (κ3) is 3.29. The summed E-state index contributed by atoms with van der Waals surface area (Å²) in [6, 6.07) is 9.07. The highest BCUT2D eigenvalue weighted by atomic mass is 79.9. The first-order valence-electron chi connectivity index (χ1n) is 5.89. The number of carbonyl (C=O) groups is 1. The molecule has 1 amide bonds. The number of rotatable bonds is 3. The number of halogens is 2. The van der Waals surface area contributed by atoms with E-state index >= 15 is 0 Å². The van der Waals surface area contributed by atoms with Gasteiger partial charge in [0.15, 0.2) is 0 Å². The van der Waals surface area contributed by atoms with Gasteiger partial charge < -0.3 is 10.6 Å². The Morgan fingerprint density at radius 3 is 2.85 bits per heavy atom. The monoisotopic (exact) mass is 353 g/mol. The van der Waals surface area contributed by atoms with Crippen LogP contribution in [0.5, 0.6) is 0 Å². The van der Waals surface area contributed by atoms with Crippen LogP contribution in [0.1, 0.15) is 15.9 Å². The number of nitrogens with zero attached hydrogens (tertiary/aromatic N) is 2. The molecule has 6 heteroatoms. The molecule has 0 radical (unpaired) electrons. The zero-order valence-corrected chi connectivity index (χ0v) is 13.1. The van der Waals surface area contributed by atoms with Gasteiger partial charge in [-0.2, -0.15) is 0 Å². The summed E-state index contributed by atoms with van der Waals surface area (Å²) in [5, 5.41) is 0.632. The quantitative estimate of drug-likeness (QED) is 0.919. The van der Waals surface area contributed by atoms with Gasteiger partial charge >= 0.3 is 0 Å². The Morgan fingerprint density at radius 2 is 2.15 bits per heavy atom. The fourth-order valence-corrected chi connectivity index (χ4v) is 2.31. The Bertz CT molecular complexity index is 648. The SMILES string of the molecule is CN(Cc1ccccc1Cl)C(=O)c1cc(Br)cnc1N. The predicted octanol–water partition coefficient (Wildman–Crippen LogP) is 3.35. The maximum Gasteiger partial charge on any atom is 0.257 e. The van der Waals surface area contributed by atoms with Crippen molar-refractivity contribution in [2.45, 2.75) is 6.54 Å². The highest BCUT2D eigenvalue weighted by molar-refractivity contribution is 9.10. The van der Waals surface area contributed by atoms with Crippen LogP contribution in [0.2, 0.25) is 5.02 Å². The molecule has 0 aliphatic carbocycles. The normalized spacial score (nSPS) is 10.3. The Hall–Kier alpha value is -1.59. The van der Waals surface area contributed by atoms with Crippen LogP contribution in [0, 0.1) is 0 Å². The number of anilines is 1. The van der Waals surface area contributed by atoms with Crippen LogP contribution >= 0.6 is 27.5 Å². The minimum atomic E-state index is -0.198. The first kappa shape index (κ1) is 14.8. The molecule has 4 nitrogen and oxygen atoms in total. The molecule has 1 heterocycles. The summed E-state index contributed by atoms with van der Waals surface area (Å²) in [4.78, 5) is 17.9. The Labute approximate surface area is 130 Å². The van der Waals surface area contributed by atoms with E-state index in [9.17, 15) is 4.79 Å². The maximum atomic E-state index is 12.4. The Balaban J connectivity index is 2.21. The molecule has 2 N–H and O–H groups in total. The van der Waals surface area contributed by atoms with E-state index in [2.05, 4.69) is 20.9 Å². The minimum Gasteiger partial charge on any atom is -0.383 e. The summed E-state index contributed by atoms with van der Waals surface area (Å²) in [6.07, 6.45) is 1.56. The lowest BCUT2D eigenvalue weighted by Crippen LogP contribution is -2.27. The Morgan fingerprint density at radius 1 is 1.45 bits per heavy atom. The third-order valence-corrected chi connectivity index (χ3v) is 3.63. The molecule has 1 aromatic carbocycles. The van der Waals surface area contributed by atoms with Gasteiger partial charge in [0.2, 0.25) is 0 Å². The molecule has 0 fully saturated rings. The summed E-state index contributed by atoms with van der Waals surface area (Å²) >= 11 is 9.38. The molecule has 0 bridgehead atoms. The molecule has 0 saturated carbocycles. The summed E-state index contributed by atoms with van der Waals surface area (Å²) in [7, 11) is 1.70. The topological polar surface area (TPSA) is 59.2 Å². The molecule has 0 saturated heterocycles. The number of benzene rings is 1. The second kappa shape index (κ2) is 6.24. The molecule has 0 aliphatic rings. The van der Waals surface area contributed by atoms with Crippen LogP contribution in [0.15, 0.2) is 41.0 Å². The molecule has 0 atom stereocenters. The van der Waals surface area contributed by atoms with Crippen molar-refractivity contribution in [2.75, 3.05) is 12.8 Å². The van der Waals surface area contributed by atoms with Crippen LogP contribution in [0.25, 0.3) is 0 Å². The number of hydrogen-bond donors (Lipinski definition) is 1. The van der Waals surface area contributed by atoms with Gasteiger partial charge in [0.05, 0.1) is 5.56 Å². The van der Waals surface area contributed by atoms with Crippen molar-refractivity contribution in [3.8, 4) is 0 Å². The number of hydrogen-bond acceptors (Lipinski definition) is 3. The number of pyridine rings is 1. The van der Waals surface area contributed by atoms with Gasteiger partial charge in [-0.1, -0.05) is 29.8 Å². The van der Waals surface area contributed by atoms with Crippen LogP contribution < -0.4 is 5.73 Å². The van der Waals surface area contributed by atoms with Crippen LogP contribution in [-0.4, -0.2) is 22.8 Å². The first-order chi connectivity index (χ1) is 9.49. The van der Waals surface area contributed by atoms with Crippen molar-refractivity contribution >= 4 is 39.3 Å². The van der Waals surface area contributed by atoms with Gasteiger partial charge in [0.25, 0.3) is 5.91 Å². The highest BCUT2D eigenvalue weighted by Crippen LogP contribution is 2.20. The number of nitrogens with two attached hydrogens (primary N) is 1. The Kier molecular flexibility index (Phi) is 4.62. The highest BCUT2D eigenvalue weighted by Gasteiger charge is 2.17. The lowest BCUT2D eigenvalue weighted by Gasteiger charge is -2.18. The van der Waals surface area contributed by atoms with E-state index in [1.165, 1.54) is 0 Å². The van der Waals surface area contributed by atoms with Crippen molar-refractivity contribution in [3.63, 3.8) is 0 Å². The van der Waals surface area contributed by atoms with Gasteiger partial charge in [-0.15, -0.1) is 0 Å². The second-order valence-electron chi connectivity index (χ2n) is 4.34. The van der Waals surface area contributed by atoms with E-state index in [4.69, 9.17) is 17.3 Å². The smallest absolute Gasteiger partial charge is 0.257 e. The van der Waals surface area contributed by atoms with E-state index in [0.29, 0.717) is 21.6 Å². The van der Waals surface area contributed by atoms with Gasteiger partial charge in [-0.3, -0.25) is 4.79 Å². The summed E-state index contributed by atoms with van der Waals surface area (Å²) in [6.45, 7) is 0.407. The zero-order chi connectivity index (χ0) is 14.7. The van der Waals surface area contributed by atoms with Crippen molar-refractivity contribution in [1.29, 1.82) is 0 Å². The van der Waals surface area contributed by atoms with Crippen molar-refractivity contribution in [1.82, 2.24) is 9.88 Å². The van der Waals surface area contributed by atoms with Gasteiger partial charge in [-0.25, -0.2) is 4.98 Å². The predicted molar refractivity (Wildman–Crippen MR) is 83.6 cm³/mol. The van der Waals surface area contributed by atoms with Crippen molar-refractivity contribution in [2.24, 2.45) is 0 Å². The fourth-order valence-electron chi connectivity index (χ4n) is 1.78. The molecule has 0 aliphatic heterocycles. The molecule has 0 spiro atoms. The average Bonchev–Trinajstić information content (AvgIpc) is 2.43. The number of amides is 1. The molecule has 2 aromatic rings. The number of aromatic nitrogens is 1. The fraction of sp³-hybridized carbons (Fsp3) is 0.143. The zero-order valence-electron chi connectivity index (χ0n) is 10.8. The van der Waals surface area contributed by atoms with E-state index < -0.39 is 0 Å². The summed E-state index contributed by atoms with van der Waals surface area (Å²) in [5.74, 6) is 0.0143. The lowest BCUT2D eigenvalue weighted by atomic mass is 10.2. The third-order valence-electron chi connectivity index (χ3n) is 2.83. The van der Waals surface area contributed by atoms with Gasteiger partial charge in [0.1, 0.15) is 5.82 Å². The van der Waals surface area contributed by atoms with Crippen LogP contribution in [0.4, 0.5) is 5.82 Å². The second-order valence-corrected chi connectivity index (χ2v) is 5.66. The van der Waals surface area contributed by atoms with E-state index in [1.54, 1.807) is 30.3 Å². The van der Waals surface area contributed by atoms with Crippen LogP contribution in [-0.2, 0) is 6.54 Å². The first-order valence-corrected chi connectivity index (χ1v) is 7.06. The van der Waals surface area contributed by atoms with Gasteiger partial charge in [-0.05, 0) is 33.6 Å². The molecule has 20 heavy (non-hydrogen) atoms. The molecule has 2 rings (SSSR count). The maximum absolute atomic E-state index is 12.4. The van der Waals surface area contributed by atoms with Gasteiger partial charge in [0, 0.05) is 29.3 Å². The van der Waals surface area contributed by atoms with E-state index in [0.717, 1.165) is 5.56 Å². The van der Waals surface area contributed by atoms with E-state index in [-0.39, 0.29) is 11.7 Å². The van der Waals surface area contributed by atoms with Crippen molar-refractivity contribution in [3.05, 3.63) is 57.2 Å².